The van der Waals surface area contributed by atoms with Crippen molar-refractivity contribution in [3.8, 4) is 0 Å². The Hall–Kier alpha value is -1.03. The molecule has 1 heterocycles. The predicted molar refractivity (Wildman–Crippen MR) is 56.6 cm³/mol. The van der Waals surface area contributed by atoms with Crippen LogP contribution in [0.4, 0.5) is 5.82 Å². The molecule has 80 valence electrons. The maximum atomic E-state index is 9.85. The van der Waals surface area contributed by atoms with Gasteiger partial charge in [-0.3, -0.25) is 5.10 Å². The summed E-state index contributed by atoms with van der Waals surface area (Å²) in [5.41, 5.74) is 6.33. The van der Waals surface area contributed by atoms with Crippen LogP contribution in [0.1, 0.15) is 44.8 Å². The maximum Gasteiger partial charge on any atom is 0.124 e. The highest BCUT2D eigenvalue weighted by Crippen LogP contribution is 2.25. The standard InChI is InChI=1S/C10H19N3O/c1-3-4-7(2)5-9(14)8-6-12-13-10(8)11/h6-7,9,14H,3-5H2,1-2H3,(H3,11,12,13). The molecule has 2 atom stereocenters. The summed E-state index contributed by atoms with van der Waals surface area (Å²) in [6, 6.07) is 0. The molecular formula is C10H19N3O. The average Bonchev–Trinajstić information content (AvgIpc) is 2.51. The SMILES string of the molecule is CCCC(C)CC(O)c1cn[nH]c1N. The van der Waals surface area contributed by atoms with Gasteiger partial charge in [0.2, 0.25) is 0 Å². The smallest absolute Gasteiger partial charge is 0.124 e. The van der Waals surface area contributed by atoms with Crippen LogP contribution in [0.3, 0.4) is 0 Å². The van der Waals surface area contributed by atoms with Gasteiger partial charge in [-0.05, 0) is 12.3 Å². The van der Waals surface area contributed by atoms with Crippen molar-refractivity contribution in [2.75, 3.05) is 5.73 Å². The van der Waals surface area contributed by atoms with Crippen molar-refractivity contribution < 1.29 is 5.11 Å². The minimum absolute atomic E-state index is 0.473. The average molecular weight is 197 g/mol. The summed E-state index contributed by atoms with van der Waals surface area (Å²) >= 11 is 0. The molecule has 1 aromatic rings. The number of nitrogens with two attached hydrogens (primary N) is 1. The number of aromatic amines is 1. The lowest BCUT2D eigenvalue weighted by Gasteiger charge is -2.14. The van der Waals surface area contributed by atoms with Crippen molar-refractivity contribution >= 4 is 5.82 Å². The Labute approximate surface area is 84.5 Å². The lowest BCUT2D eigenvalue weighted by atomic mass is 9.96. The number of hydrogen-bond donors (Lipinski definition) is 3. The van der Waals surface area contributed by atoms with E-state index in [1.54, 1.807) is 6.20 Å². The molecule has 0 radical (unpaired) electrons. The van der Waals surface area contributed by atoms with E-state index in [-0.39, 0.29) is 0 Å². The van der Waals surface area contributed by atoms with Gasteiger partial charge in [0.25, 0.3) is 0 Å². The van der Waals surface area contributed by atoms with Gasteiger partial charge < -0.3 is 10.8 Å². The van der Waals surface area contributed by atoms with Crippen molar-refractivity contribution in [3.05, 3.63) is 11.8 Å². The van der Waals surface area contributed by atoms with E-state index in [1.165, 1.54) is 0 Å². The van der Waals surface area contributed by atoms with Gasteiger partial charge in [0.05, 0.1) is 12.3 Å². The van der Waals surface area contributed by atoms with E-state index in [4.69, 9.17) is 5.73 Å². The third kappa shape index (κ3) is 2.73. The van der Waals surface area contributed by atoms with E-state index in [0.717, 1.165) is 19.3 Å². The number of aromatic nitrogens is 2. The minimum Gasteiger partial charge on any atom is -0.388 e. The van der Waals surface area contributed by atoms with E-state index in [0.29, 0.717) is 17.3 Å². The number of rotatable bonds is 5. The molecule has 0 spiro atoms. The second kappa shape index (κ2) is 5.00. The topological polar surface area (TPSA) is 74.9 Å². The summed E-state index contributed by atoms with van der Waals surface area (Å²) in [6.45, 7) is 4.29. The van der Waals surface area contributed by atoms with Gasteiger partial charge in [0.1, 0.15) is 5.82 Å². The summed E-state index contributed by atoms with van der Waals surface area (Å²) in [4.78, 5) is 0. The summed E-state index contributed by atoms with van der Waals surface area (Å²) < 4.78 is 0. The Morgan fingerprint density at radius 1 is 1.64 bits per heavy atom. The molecule has 2 unspecified atom stereocenters. The second-order valence-corrected chi connectivity index (χ2v) is 3.88. The highest BCUT2D eigenvalue weighted by Gasteiger charge is 2.15. The number of hydrogen-bond acceptors (Lipinski definition) is 3. The van der Waals surface area contributed by atoms with Crippen LogP contribution in [-0.4, -0.2) is 15.3 Å². The lowest BCUT2D eigenvalue weighted by Crippen LogP contribution is -2.05. The third-order valence-electron chi connectivity index (χ3n) is 2.47. The van der Waals surface area contributed by atoms with Crippen LogP contribution in [0.5, 0.6) is 0 Å². The van der Waals surface area contributed by atoms with Gasteiger partial charge in [-0.25, -0.2) is 0 Å². The number of aliphatic hydroxyl groups is 1. The molecule has 0 aliphatic carbocycles. The van der Waals surface area contributed by atoms with Gasteiger partial charge in [0.15, 0.2) is 0 Å². The highest BCUT2D eigenvalue weighted by molar-refractivity contribution is 5.38. The molecule has 0 aromatic carbocycles. The number of nitrogens with one attached hydrogen (secondary N) is 1. The van der Waals surface area contributed by atoms with Crippen molar-refractivity contribution in [2.24, 2.45) is 5.92 Å². The highest BCUT2D eigenvalue weighted by atomic mass is 16.3. The zero-order valence-electron chi connectivity index (χ0n) is 8.83. The normalized spacial score (nSPS) is 15.4. The monoisotopic (exact) mass is 197 g/mol. The molecule has 4 N–H and O–H groups in total. The molecule has 4 nitrogen and oxygen atoms in total. The van der Waals surface area contributed by atoms with Crippen molar-refractivity contribution in [3.63, 3.8) is 0 Å². The molecule has 4 heteroatoms. The van der Waals surface area contributed by atoms with Gasteiger partial charge >= 0.3 is 0 Å². The van der Waals surface area contributed by atoms with E-state index < -0.39 is 6.10 Å². The fraction of sp³-hybridized carbons (Fsp3) is 0.700. The van der Waals surface area contributed by atoms with Crippen LogP contribution in [0.15, 0.2) is 6.20 Å². The van der Waals surface area contributed by atoms with Gasteiger partial charge in [0, 0.05) is 5.56 Å². The number of nitrogen functional groups attached to an aromatic ring is 1. The number of H-pyrrole nitrogens is 1. The zero-order chi connectivity index (χ0) is 10.6. The third-order valence-corrected chi connectivity index (χ3v) is 2.47. The Bertz CT molecular complexity index is 272. The first kappa shape index (κ1) is 11.0. The zero-order valence-corrected chi connectivity index (χ0v) is 8.83. The molecule has 1 aromatic heterocycles. The number of nitrogens with zero attached hydrogens (tertiary/aromatic N) is 1. The first-order chi connectivity index (χ1) is 6.65. The fourth-order valence-corrected chi connectivity index (χ4v) is 1.69. The van der Waals surface area contributed by atoms with Crippen molar-refractivity contribution in [2.45, 2.75) is 39.2 Å². The molecule has 0 aliphatic heterocycles. The van der Waals surface area contributed by atoms with E-state index in [1.807, 2.05) is 0 Å². The molecule has 0 amide bonds. The molecule has 14 heavy (non-hydrogen) atoms. The molecule has 0 fully saturated rings. The van der Waals surface area contributed by atoms with Crippen LogP contribution in [0.2, 0.25) is 0 Å². The molecule has 0 saturated heterocycles. The summed E-state index contributed by atoms with van der Waals surface area (Å²) in [7, 11) is 0. The van der Waals surface area contributed by atoms with E-state index in [2.05, 4.69) is 24.0 Å². The van der Waals surface area contributed by atoms with Gasteiger partial charge in [-0.2, -0.15) is 5.10 Å². The molecule has 0 saturated carbocycles. The first-order valence-corrected chi connectivity index (χ1v) is 5.12. The molecule has 0 bridgehead atoms. The van der Waals surface area contributed by atoms with Crippen molar-refractivity contribution in [1.29, 1.82) is 0 Å². The lowest BCUT2D eigenvalue weighted by molar-refractivity contribution is 0.146. The van der Waals surface area contributed by atoms with Crippen LogP contribution in [0, 0.1) is 5.92 Å². The minimum atomic E-state index is -0.490. The van der Waals surface area contributed by atoms with Crippen LogP contribution in [0.25, 0.3) is 0 Å². The largest absolute Gasteiger partial charge is 0.388 e. The van der Waals surface area contributed by atoms with Gasteiger partial charge in [-0.15, -0.1) is 0 Å². The number of aliphatic hydroxyl groups excluding tert-OH is 1. The van der Waals surface area contributed by atoms with Crippen LogP contribution < -0.4 is 5.73 Å². The Kier molecular flexibility index (Phi) is 3.95. The van der Waals surface area contributed by atoms with Gasteiger partial charge in [-0.1, -0.05) is 26.7 Å². The number of anilines is 1. The Morgan fingerprint density at radius 3 is 2.86 bits per heavy atom. The Morgan fingerprint density at radius 2 is 2.36 bits per heavy atom. The molecule has 0 aliphatic rings. The first-order valence-electron chi connectivity index (χ1n) is 5.12. The Balaban J connectivity index is 2.50. The van der Waals surface area contributed by atoms with Crippen molar-refractivity contribution in [1.82, 2.24) is 10.2 Å². The summed E-state index contributed by atoms with van der Waals surface area (Å²) in [5, 5.41) is 16.3. The molecular weight excluding hydrogens is 178 g/mol. The maximum absolute atomic E-state index is 9.85. The van der Waals surface area contributed by atoms with E-state index >= 15 is 0 Å². The fourth-order valence-electron chi connectivity index (χ4n) is 1.69. The molecule has 1 rings (SSSR count). The quantitative estimate of drug-likeness (QED) is 0.674. The second-order valence-electron chi connectivity index (χ2n) is 3.88. The van der Waals surface area contributed by atoms with Crippen LogP contribution in [-0.2, 0) is 0 Å². The summed E-state index contributed by atoms with van der Waals surface area (Å²) in [5.74, 6) is 0.991. The summed E-state index contributed by atoms with van der Waals surface area (Å²) in [6.07, 6.45) is 4.13. The predicted octanol–water partition coefficient (Wildman–Crippen LogP) is 1.85. The van der Waals surface area contributed by atoms with Crippen LogP contribution >= 0.6 is 0 Å². The van der Waals surface area contributed by atoms with E-state index in [9.17, 15) is 5.11 Å².